The number of halogens is 1. The molecule has 0 spiro atoms. The Balaban J connectivity index is 0.000000182. The highest BCUT2D eigenvalue weighted by atomic mass is 35.5. The molecule has 1 aromatic heterocycles. The average Bonchev–Trinajstić information content (AvgIpc) is 3.09. The van der Waals surface area contributed by atoms with Crippen LogP contribution in [0.25, 0.3) is 0 Å². The zero-order valence-electron chi connectivity index (χ0n) is 18.2. The summed E-state index contributed by atoms with van der Waals surface area (Å²) < 4.78 is 5.57. The Bertz CT molecular complexity index is 979. The van der Waals surface area contributed by atoms with Crippen molar-refractivity contribution in [3.63, 3.8) is 0 Å². The van der Waals surface area contributed by atoms with E-state index in [1.54, 1.807) is 23.9 Å². The molecule has 3 aromatic rings. The molecule has 1 fully saturated rings. The smallest absolute Gasteiger partial charge is 0.288 e. The Morgan fingerprint density at radius 2 is 1.73 bits per heavy atom. The van der Waals surface area contributed by atoms with Gasteiger partial charge in [0.15, 0.2) is 0 Å². The number of carbonyl (C=O) groups is 2. The maximum atomic E-state index is 10.8. The third-order valence-corrected chi connectivity index (χ3v) is 5.21. The van der Waals surface area contributed by atoms with Crippen molar-refractivity contribution in [2.24, 2.45) is 0 Å². The third kappa shape index (κ3) is 10.7. The molecule has 2 heterocycles. The number of hydrogen-bond acceptors (Lipinski definition) is 7. The molecular weight excluding hydrogens is 462 g/mol. The lowest BCUT2D eigenvalue weighted by atomic mass is 10.3. The van der Waals surface area contributed by atoms with Gasteiger partial charge in [0.1, 0.15) is 11.5 Å². The molecule has 0 atom stereocenters. The van der Waals surface area contributed by atoms with Gasteiger partial charge in [-0.25, -0.2) is 9.97 Å². The minimum absolute atomic E-state index is 0.127. The van der Waals surface area contributed by atoms with E-state index in [0.29, 0.717) is 16.5 Å². The molecule has 4 rings (SSSR count). The molecule has 174 valence electrons. The number of benzene rings is 2. The van der Waals surface area contributed by atoms with Gasteiger partial charge in [0.2, 0.25) is 11.7 Å². The van der Waals surface area contributed by atoms with Crippen LogP contribution in [0.15, 0.2) is 67.0 Å². The highest BCUT2D eigenvalue weighted by molar-refractivity contribution is 7.99. The van der Waals surface area contributed by atoms with E-state index in [0.717, 1.165) is 30.2 Å². The van der Waals surface area contributed by atoms with Gasteiger partial charge in [-0.15, -0.1) is 0 Å². The van der Waals surface area contributed by atoms with Crippen LogP contribution in [0.5, 0.6) is 11.5 Å². The van der Waals surface area contributed by atoms with Crippen molar-refractivity contribution in [2.45, 2.75) is 6.42 Å². The molecule has 10 heteroatoms. The predicted molar refractivity (Wildman–Crippen MR) is 133 cm³/mol. The molecule has 0 saturated carbocycles. The van der Waals surface area contributed by atoms with Crippen LogP contribution < -0.4 is 21.1 Å². The van der Waals surface area contributed by atoms with Crippen LogP contribution in [0, 0.1) is 0 Å². The number of nitrogens with zero attached hydrogens (tertiary/aromatic N) is 2. The number of anilines is 1. The van der Waals surface area contributed by atoms with Gasteiger partial charge in [0, 0.05) is 18.6 Å². The molecule has 0 bridgehead atoms. The number of ether oxygens (including phenoxy) is 1. The molecule has 0 unspecified atom stereocenters. The molecular formula is C23H26ClN5O3S. The molecule has 8 nitrogen and oxygen atoms in total. The van der Waals surface area contributed by atoms with E-state index in [9.17, 15) is 9.59 Å². The van der Waals surface area contributed by atoms with E-state index in [-0.39, 0.29) is 17.6 Å². The first-order chi connectivity index (χ1) is 16.0. The van der Waals surface area contributed by atoms with Crippen molar-refractivity contribution >= 4 is 40.9 Å². The second-order valence-corrected chi connectivity index (χ2v) is 8.09. The lowest BCUT2D eigenvalue weighted by Crippen LogP contribution is -2.23. The summed E-state index contributed by atoms with van der Waals surface area (Å²) in [6.45, 7) is 0.867. The molecule has 33 heavy (non-hydrogen) atoms. The van der Waals surface area contributed by atoms with Crippen molar-refractivity contribution < 1.29 is 14.3 Å². The monoisotopic (exact) mass is 487 g/mol. The SMILES string of the molecule is CNC(=O)c1ncc(N)cn1.Clc1ccc(Oc2ccccc2)cc1.O=C1CSCCCN1. The van der Waals surface area contributed by atoms with Crippen LogP contribution in [0.3, 0.4) is 0 Å². The number of carbonyl (C=O) groups excluding carboxylic acids is 2. The molecule has 0 aliphatic carbocycles. The van der Waals surface area contributed by atoms with Crippen LogP contribution in [0.2, 0.25) is 5.02 Å². The summed E-state index contributed by atoms with van der Waals surface area (Å²) in [7, 11) is 1.52. The molecule has 1 aliphatic heterocycles. The van der Waals surface area contributed by atoms with Gasteiger partial charge in [0.25, 0.3) is 5.91 Å². The zero-order valence-corrected chi connectivity index (χ0v) is 19.7. The fourth-order valence-electron chi connectivity index (χ4n) is 2.31. The van der Waals surface area contributed by atoms with Crippen LogP contribution >= 0.6 is 23.4 Å². The molecule has 4 N–H and O–H groups in total. The van der Waals surface area contributed by atoms with Gasteiger partial charge >= 0.3 is 0 Å². The summed E-state index contributed by atoms with van der Waals surface area (Å²) in [5, 5.41) is 5.89. The van der Waals surface area contributed by atoms with E-state index < -0.39 is 0 Å². The quantitative estimate of drug-likeness (QED) is 0.514. The van der Waals surface area contributed by atoms with Crippen LogP contribution in [0.4, 0.5) is 5.69 Å². The maximum absolute atomic E-state index is 10.8. The summed E-state index contributed by atoms with van der Waals surface area (Å²) in [6.07, 6.45) is 3.89. The van der Waals surface area contributed by atoms with E-state index >= 15 is 0 Å². The lowest BCUT2D eigenvalue weighted by molar-refractivity contribution is -0.118. The van der Waals surface area contributed by atoms with Crippen molar-refractivity contribution in [3.05, 3.63) is 77.8 Å². The van der Waals surface area contributed by atoms with E-state index in [1.807, 2.05) is 42.5 Å². The number of nitrogen functional groups attached to an aromatic ring is 1. The van der Waals surface area contributed by atoms with Crippen LogP contribution in [-0.2, 0) is 4.79 Å². The van der Waals surface area contributed by atoms with Crippen LogP contribution in [0.1, 0.15) is 17.0 Å². The second-order valence-electron chi connectivity index (χ2n) is 6.54. The van der Waals surface area contributed by atoms with Crippen molar-refractivity contribution in [3.8, 4) is 11.5 Å². The average molecular weight is 488 g/mol. The Morgan fingerprint density at radius 3 is 2.36 bits per heavy atom. The fourth-order valence-corrected chi connectivity index (χ4v) is 3.22. The molecule has 1 aliphatic rings. The first-order valence-corrected chi connectivity index (χ1v) is 11.6. The number of aromatic nitrogens is 2. The maximum Gasteiger partial charge on any atom is 0.288 e. The van der Waals surface area contributed by atoms with Crippen molar-refractivity contribution in [2.75, 3.05) is 30.8 Å². The van der Waals surface area contributed by atoms with Gasteiger partial charge in [0.05, 0.1) is 23.8 Å². The van der Waals surface area contributed by atoms with Crippen LogP contribution in [-0.4, -0.2) is 46.9 Å². The summed E-state index contributed by atoms with van der Waals surface area (Å²) in [6, 6.07) is 16.9. The largest absolute Gasteiger partial charge is 0.457 e. The summed E-state index contributed by atoms with van der Waals surface area (Å²) in [5.74, 6) is 3.40. The number of nitrogens with one attached hydrogen (secondary N) is 2. The summed E-state index contributed by atoms with van der Waals surface area (Å²) >= 11 is 7.47. The van der Waals surface area contributed by atoms with Gasteiger partial charge in [-0.3, -0.25) is 9.59 Å². The molecule has 1 saturated heterocycles. The fraction of sp³-hybridized carbons (Fsp3) is 0.217. The Labute approximate surface area is 202 Å². The standard InChI is InChI=1S/C12H9ClO.C6H8N4O.C5H9NOS/c13-10-6-8-12(9-7-10)14-11-4-2-1-3-5-11;1-8-6(11)5-9-2-4(7)3-10-5;7-5-4-8-3-1-2-6-5/h1-9H;2-3H,7H2,1H3,(H,8,11);1-4H2,(H,6,7). The molecule has 2 aromatic carbocycles. The number of thioether (sulfide) groups is 1. The number of hydrogen-bond donors (Lipinski definition) is 3. The number of amides is 2. The highest BCUT2D eigenvalue weighted by Gasteiger charge is 2.04. The topological polar surface area (TPSA) is 119 Å². The van der Waals surface area contributed by atoms with E-state index in [2.05, 4.69) is 20.6 Å². The minimum atomic E-state index is -0.315. The van der Waals surface area contributed by atoms with E-state index in [4.69, 9.17) is 22.1 Å². The van der Waals surface area contributed by atoms with Gasteiger partial charge in [-0.05, 0) is 48.6 Å². The normalized spacial score (nSPS) is 12.5. The minimum Gasteiger partial charge on any atom is -0.457 e. The summed E-state index contributed by atoms with van der Waals surface area (Å²) in [4.78, 5) is 28.8. The first kappa shape index (κ1) is 26.0. The Hall–Kier alpha value is -3.30. The van der Waals surface area contributed by atoms with Crippen molar-refractivity contribution in [1.82, 2.24) is 20.6 Å². The van der Waals surface area contributed by atoms with E-state index in [1.165, 1.54) is 19.4 Å². The van der Waals surface area contributed by atoms with Gasteiger partial charge < -0.3 is 21.1 Å². The molecule has 0 radical (unpaired) electrons. The lowest BCUT2D eigenvalue weighted by Gasteiger charge is -2.04. The Kier molecular flexibility index (Phi) is 11.6. The summed E-state index contributed by atoms with van der Waals surface area (Å²) in [5.41, 5.74) is 5.75. The number of rotatable bonds is 3. The predicted octanol–water partition coefficient (Wildman–Crippen LogP) is 3.79. The highest BCUT2D eigenvalue weighted by Crippen LogP contribution is 2.22. The first-order valence-electron chi connectivity index (χ1n) is 10.1. The number of para-hydroxylation sites is 1. The second kappa shape index (κ2) is 14.7. The molecule has 2 amide bonds. The zero-order chi connectivity index (χ0) is 23.9. The van der Waals surface area contributed by atoms with Gasteiger partial charge in [-0.2, -0.15) is 11.8 Å². The third-order valence-electron chi connectivity index (χ3n) is 3.92. The van der Waals surface area contributed by atoms with Crippen molar-refractivity contribution in [1.29, 1.82) is 0 Å². The Morgan fingerprint density at radius 1 is 1.09 bits per heavy atom. The number of nitrogens with two attached hydrogens (primary N) is 1. The van der Waals surface area contributed by atoms with Gasteiger partial charge in [-0.1, -0.05) is 29.8 Å².